The molecule has 0 radical (unpaired) electrons. The fourth-order valence-electron chi connectivity index (χ4n) is 2.16. The molecule has 0 bridgehead atoms. The van der Waals surface area contributed by atoms with Crippen molar-refractivity contribution < 1.29 is 0 Å². The summed E-state index contributed by atoms with van der Waals surface area (Å²) in [5.74, 6) is 0. The normalized spacial score (nSPS) is 23.6. The number of nitrogens with one attached hydrogen (secondary N) is 1. The zero-order valence-corrected chi connectivity index (χ0v) is 11.3. The Morgan fingerprint density at radius 3 is 2.94 bits per heavy atom. The van der Waals surface area contributed by atoms with E-state index in [1.807, 2.05) is 11.3 Å². The molecular weight excluding hydrogens is 216 g/mol. The third-order valence-electron chi connectivity index (χ3n) is 3.26. The maximum atomic E-state index is 3.63. The van der Waals surface area contributed by atoms with Crippen LogP contribution in [-0.2, 0) is 6.54 Å². The van der Waals surface area contributed by atoms with Gasteiger partial charge < -0.3 is 5.32 Å². The zero-order valence-electron chi connectivity index (χ0n) is 10.5. The Hall–Kier alpha value is -0.380. The molecule has 16 heavy (non-hydrogen) atoms. The lowest BCUT2D eigenvalue weighted by atomic mass is 9.85. The standard InChI is InChI=1S/C13H22N2S/c1-13(2,3)12-10-15(7-6-14-12)9-11-5-4-8-16-11/h4-5,8,12,14H,6-7,9-10H2,1-3H3. The molecule has 2 heterocycles. The third kappa shape index (κ3) is 3.06. The van der Waals surface area contributed by atoms with Gasteiger partial charge >= 0.3 is 0 Å². The number of rotatable bonds is 2. The molecule has 0 saturated carbocycles. The minimum absolute atomic E-state index is 0.355. The molecule has 1 unspecified atom stereocenters. The summed E-state index contributed by atoms with van der Waals surface area (Å²) >= 11 is 1.86. The molecule has 1 saturated heterocycles. The van der Waals surface area contributed by atoms with E-state index in [1.54, 1.807) is 0 Å². The molecular formula is C13H22N2S. The second-order valence-electron chi connectivity index (χ2n) is 5.69. The highest BCUT2D eigenvalue weighted by Gasteiger charge is 2.29. The predicted molar refractivity (Wildman–Crippen MR) is 70.8 cm³/mol. The molecule has 0 aromatic carbocycles. The quantitative estimate of drug-likeness (QED) is 0.852. The highest BCUT2D eigenvalue weighted by molar-refractivity contribution is 7.09. The summed E-state index contributed by atoms with van der Waals surface area (Å²) in [7, 11) is 0. The van der Waals surface area contributed by atoms with Crippen molar-refractivity contribution in [1.29, 1.82) is 0 Å². The van der Waals surface area contributed by atoms with Crippen LogP contribution in [0.25, 0.3) is 0 Å². The first kappa shape index (κ1) is 12.1. The Morgan fingerprint density at radius 2 is 2.31 bits per heavy atom. The van der Waals surface area contributed by atoms with Crippen LogP contribution in [-0.4, -0.2) is 30.6 Å². The summed E-state index contributed by atoms with van der Waals surface area (Å²) in [5, 5.41) is 5.80. The second-order valence-corrected chi connectivity index (χ2v) is 6.72. The monoisotopic (exact) mass is 238 g/mol. The van der Waals surface area contributed by atoms with Crippen LogP contribution in [0.1, 0.15) is 25.6 Å². The van der Waals surface area contributed by atoms with E-state index < -0.39 is 0 Å². The van der Waals surface area contributed by atoms with E-state index in [9.17, 15) is 0 Å². The Bertz CT molecular complexity index is 313. The summed E-state index contributed by atoms with van der Waals surface area (Å²) < 4.78 is 0. The van der Waals surface area contributed by atoms with Crippen molar-refractivity contribution in [3.63, 3.8) is 0 Å². The highest BCUT2D eigenvalue weighted by atomic mass is 32.1. The number of hydrogen-bond acceptors (Lipinski definition) is 3. The van der Waals surface area contributed by atoms with E-state index in [4.69, 9.17) is 0 Å². The van der Waals surface area contributed by atoms with Crippen LogP contribution >= 0.6 is 11.3 Å². The van der Waals surface area contributed by atoms with Crippen molar-refractivity contribution in [1.82, 2.24) is 10.2 Å². The molecule has 1 aromatic heterocycles. The number of piperazine rings is 1. The van der Waals surface area contributed by atoms with Gasteiger partial charge in [-0.15, -0.1) is 11.3 Å². The summed E-state index contributed by atoms with van der Waals surface area (Å²) in [5.41, 5.74) is 0.355. The van der Waals surface area contributed by atoms with Gasteiger partial charge in [-0.2, -0.15) is 0 Å². The van der Waals surface area contributed by atoms with E-state index in [-0.39, 0.29) is 0 Å². The summed E-state index contributed by atoms with van der Waals surface area (Å²) in [6, 6.07) is 4.99. The SMILES string of the molecule is CC(C)(C)C1CN(Cc2cccs2)CCN1. The molecule has 1 fully saturated rings. The lowest BCUT2D eigenvalue weighted by Gasteiger charge is -2.40. The first-order valence-electron chi connectivity index (χ1n) is 6.04. The van der Waals surface area contributed by atoms with E-state index >= 15 is 0 Å². The Morgan fingerprint density at radius 1 is 1.50 bits per heavy atom. The average Bonchev–Trinajstić information content (AvgIpc) is 2.70. The average molecular weight is 238 g/mol. The summed E-state index contributed by atoms with van der Waals surface area (Å²) in [4.78, 5) is 4.05. The van der Waals surface area contributed by atoms with Gasteiger partial charge in [0, 0.05) is 37.1 Å². The van der Waals surface area contributed by atoms with Gasteiger partial charge in [0.05, 0.1) is 0 Å². The predicted octanol–water partition coefficient (Wildman–Crippen LogP) is 2.57. The van der Waals surface area contributed by atoms with Crippen molar-refractivity contribution >= 4 is 11.3 Å². The molecule has 1 aliphatic rings. The van der Waals surface area contributed by atoms with E-state index in [0.29, 0.717) is 11.5 Å². The minimum Gasteiger partial charge on any atom is -0.311 e. The maximum Gasteiger partial charge on any atom is 0.0329 e. The second kappa shape index (κ2) is 4.86. The lowest BCUT2D eigenvalue weighted by Crippen LogP contribution is -2.55. The fraction of sp³-hybridized carbons (Fsp3) is 0.692. The van der Waals surface area contributed by atoms with E-state index in [1.165, 1.54) is 18.0 Å². The van der Waals surface area contributed by atoms with Gasteiger partial charge in [-0.3, -0.25) is 4.90 Å². The summed E-state index contributed by atoms with van der Waals surface area (Å²) in [6.45, 7) is 11.5. The van der Waals surface area contributed by atoms with Gasteiger partial charge in [0.2, 0.25) is 0 Å². The van der Waals surface area contributed by atoms with Crippen LogP contribution in [0.2, 0.25) is 0 Å². The molecule has 0 amide bonds. The van der Waals surface area contributed by atoms with Crippen LogP contribution in [0, 0.1) is 5.41 Å². The summed E-state index contributed by atoms with van der Waals surface area (Å²) in [6.07, 6.45) is 0. The molecule has 1 N–H and O–H groups in total. The van der Waals surface area contributed by atoms with Gasteiger partial charge in [-0.05, 0) is 16.9 Å². The van der Waals surface area contributed by atoms with Crippen molar-refractivity contribution in [3.05, 3.63) is 22.4 Å². The van der Waals surface area contributed by atoms with Crippen LogP contribution in [0.5, 0.6) is 0 Å². The smallest absolute Gasteiger partial charge is 0.0329 e. The lowest BCUT2D eigenvalue weighted by molar-refractivity contribution is 0.130. The molecule has 90 valence electrons. The molecule has 0 aliphatic carbocycles. The van der Waals surface area contributed by atoms with E-state index in [0.717, 1.165) is 13.1 Å². The maximum absolute atomic E-state index is 3.63. The van der Waals surface area contributed by atoms with Crippen LogP contribution < -0.4 is 5.32 Å². The largest absolute Gasteiger partial charge is 0.311 e. The Labute approximate surface area is 103 Å². The molecule has 3 heteroatoms. The first-order valence-corrected chi connectivity index (χ1v) is 6.92. The van der Waals surface area contributed by atoms with Gasteiger partial charge in [0.15, 0.2) is 0 Å². The molecule has 1 aromatic rings. The van der Waals surface area contributed by atoms with Gasteiger partial charge in [0.25, 0.3) is 0 Å². The Balaban J connectivity index is 1.92. The molecule has 0 spiro atoms. The number of thiophene rings is 1. The molecule has 1 aliphatic heterocycles. The van der Waals surface area contributed by atoms with Crippen molar-refractivity contribution in [2.45, 2.75) is 33.4 Å². The van der Waals surface area contributed by atoms with Gasteiger partial charge in [-0.1, -0.05) is 26.8 Å². The van der Waals surface area contributed by atoms with Gasteiger partial charge in [0.1, 0.15) is 0 Å². The van der Waals surface area contributed by atoms with Crippen molar-refractivity contribution in [3.8, 4) is 0 Å². The van der Waals surface area contributed by atoms with Gasteiger partial charge in [-0.25, -0.2) is 0 Å². The molecule has 2 rings (SSSR count). The first-order chi connectivity index (χ1) is 7.55. The molecule has 1 atom stereocenters. The van der Waals surface area contributed by atoms with Crippen LogP contribution in [0.15, 0.2) is 17.5 Å². The zero-order chi connectivity index (χ0) is 11.6. The molecule has 2 nitrogen and oxygen atoms in total. The topological polar surface area (TPSA) is 15.3 Å². The third-order valence-corrected chi connectivity index (χ3v) is 4.13. The number of hydrogen-bond donors (Lipinski definition) is 1. The van der Waals surface area contributed by atoms with Crippen molar-refractivity contribution in [2.24, 2.45) is 5.41 Å². The van der Waals surface area contributed by atoms with Crippen LogP contribution in [0.4, 0.5) is 0 Å². The van der Waals surface area contributed by atoms with Crippen LogP contribution in [0.3, 0.4) is 0 Å². The number of nitrogens with zero attached hydrogens (tertiary/aromatic N) is 1. The van der Waals surface area contributed by atoms with Crippen molar-refractivity contribution in [2.75, 3.05) is 19.6 Å². The van der Waals surface area contributed by atoms with E-state index in [2.05, 4.69) is 48.5 Å². The highest BCUT2D eigenvalue weighted by Crippen LogP contribution is 2.23. The minimum atomic E-state index is 0.355. The fourth-order valence-corrected chi connectivity index (χ4v) is 2.90. The Kier molecular flexibility index (Phi) is 3.67.